The molecule has 0 aliphatic carbocycles. The van der Waals surface area contributed by atoms with Crippen molar-refractivity contribution in [3.8, 4) is 0 Å². The molecule has 0 saturated carbocycles. The molecule has 1 aromatic carbocycles. The van der Waals surface area contributed by atoms with Crippen molar-refractivity contribution in [2.24, 2.45) is 0 Å². The first-order valence-electron chi connectivity index (χ1n) is 8.00. The van der Waals surface area contributed by atoms with E-state index in [1.165, 1.54) is 7.11 Å². The predicted octanol–water partition coefficient (Wildman–Crippen LogP) is 3.38. The van der Waals surface area contributed by atoms with Crippen LogP contribution in [0.25, 0.3) is 0 Å². The van der Waals surface area contributed by atoms with Crippen molar-refractivity contribution in [1.29, 1.82) is 0 Å². The molecule has 0 aromatic heterocycles. The summed E-state index contributed by atoms with van der Waals surface area (Å²) in [5.41, 5.74) is 0. The molecule has 2 heterocycles. The highest BCUT2D eigenvalue weighted by molar-refractivity contribution is 8.03. The Hall–Kier alpha value is -1.75. The molecule has 3 rings (SSSR count). The molecule has 0 bridgehead atoms. The first-order chi connectivity index (χ1) is 11.2. The Balaban J connectivity index is 1.73. The van der Waals surface area contributed by atoms with Gasteiger partial charge in [-0.25, -0.2) is 0 Å². The van der Waals surface area contributed by atoms with Crippen molar-refractivity contribution in [2.45, 2.75) is 49.1 Å². The highest BCUT2D eigenvalue weighted by Crippen LogP contribution is 2.38. The van der Waals surface area contributed by atoms with E-state index in [0.717, 1.165) is 35.5 Å². The zero-order valence-electron chi connectivity index (χ0n) is 13.2. The van der Waals surface area contributed by atoms with Crippen LogP contribution >= 0.6 is 11.8 Å². The molecule has 4 nitrogen and oxygen atoms in total. The lowest BCUT2D eigenvalue weighted by Gasteiger charge is -2.44. The van der Waals surface area contributed by atoms with E-state index in [2.05, 4.69) is 12.1 Å². The molecule has 23 heavy (non-hydrogen) atoms. The molecule has 2 atom stereocenters. The maximum Gasteiger partial charge on any atom is 0.307 e. The van der Waals surface area contributed by atoms with Crippen LogP contribution in [0.5, 0.6) is 0 Å². The number of thioether (sulfide) groups is 1. The van der Waals surface area contributed by atoms with Crippen LogP contribution in [0, 0.1) is 0 Å². The first-order valence-corrected chi connectivity index (χ1v) is 8.81. The van der Waals surface area contributed by atoms with Crippen LogP contribution in [0.4, 0.5) is 0 Å². The van der Waals surface area contributed by atoms with Crippen LogP contribution in [0.2, 0.25) is 0 Å². The van der Waals surface area contributed by atoms with Crippen LogP contribution in [0.1, 0.15) is 32.1 Å². The van der Waals surface area contributed by atoms with Gasteiger partial charge in [-0.15, -0.1) is 0 Å². The molecule has 5 heteroatoms. The Kier molecular flexibility index (Phi) is 5.06. The Bertz CT molecular complexity index is 614. The average Bonchev–Trinajstić information content (AvgIpc) is 2.55. The summed E-state index contributed by atoms with van der Waals surface area (Å²) >= 11 is 1.67. The molecule has 0 unspecified atom stereocenters. The molecule has 122 valence electrons. The van der Waals surface area contributed by atoms with E-state index in [9.17, 15) is 9.59 Å². The number of piperidine rings is 1. The Labute approximate surface area is 140 Å². The average molecular weight is 331 g/mol. The quantitative estimate of drug-likeness (QED) is 0.794. The largest absolute Gasteiger partial charge is 0.469 e. The number of ether oxygens (including phenoxy) is 1. The standard InChI is InChI=1S/C18H21NO3S/c1-22-18(21)11-14-7-5-6-13-10-16(12-17(20)19(13)14)23-15-8-3-2-4-9-15/h2-4,8-9,12-14H,5-7,10-11H2,1H3/t13-,14-/m1/s1. The number of fused-ring (bicyclic) bond motifs is 1. The Morgan fingerprint density at radius 3 is 2.83 bits per heavy atom. The summed E-state index contributed by atoms with van der Waals surface area (Å²) in [4.78, 5) is 28.4. The van der Waals surface area contributed by atoms with Crippen molar-refractivity contribution in [3.05, 3.63) is 41.3 Å². The van der Waals surface area contributed by atoms with E-state index in [0.29, 0.717) is 6.42 Å². The summed E-state index contributed by atoms with van der Waals surface area (Å²) in [6.45, 7) is 0. The Morgan fingerprint density at radius 1 is 1.30 bits per heavy atom. The summed E-state index contributed by atoms with van der Waals surface area (Å²) in [5, 5.41) is 0. The van der Waals surface area contributed by atoms with Crippen molar-refractivity contribution < 1.29 is 14.3 Å². The van der Waals surface area contributed by atoms with Crippen molar-refractivity contribution in [1.82, 2.24) is 4.90 Å². The molecule has 1 saturated heterocycles. The second-order valence-corrected chi connectivity index (χ2v) is 7.19. The Morgan fingerprint density at radius 2 is 2.09 bits per heavy atom. The summed E-state index contributed by atoms with van der Waals surface area (Å²) in [7, 11) is 1.40. The number of hydrogen-bond donors (Lipinski definition) is 0. The van der Waals surface area contributed by atoms with Gasteiger partial charge in [0, 0.05) is 23.1 Å². The number of benzene rings is 1. The van der Waals surface area contributed by atoms with Gasteiger partial charge >= 0.3 is 5.97 Å². The third kappa shape index (κ3) is 3.78. The summed E-state index contributed by atoms with van der Waals surface area (Å²) in [5.74, 6) is -0.204. The van der Waals surface area contributed by atoms with E-state index in [1.54, 1.807) is 17.8 Å². The van der Waals surface area contributed by atoms with Crippen LogP contribution < -0.4 is 0 Å². The molecule has 0 N–H and O–H groups in total. The van der Waals surface area contributed by atoms with Gasteiger partial charge < -0.3 is 9.64 Å². The lowest BCUT2D eigenvalue weighted by molar-refractivity contribution is -0.145. The third-order valence-electron chi connectivity index (χ3n) is 4.46. The van der Waals surface area contributed by atoms with Crippen LogP contribution in [0.3, 0.4) is 0 Å². The summed E-state index contributed by atoms with van der Waals surface area (Å²) in [6.07, 6.45) is 5.86. The van der Waals surface area contributed by atoms with Crippen LogP contribution in [0.15, 0.2) is 46.2 Å². The van der Waals surface area contributed by atoms with Gasteiger partial charge in [0.2, 0.25) is 5.91 Å². The lowest BCUT2D eigenvalue weighted by Crippen LogP contribution is -2.52. The minimum absolute atomic E-state index is 0.0202. The van der Waals surface area contributed by atoms with E-state index in [4.69, 9.17) is 4.74 Å². The number of esters is 1. The zero-order chi connectivity index (χ0) is 16.2. The molecule has 0 spiro atoms. The minimum atomic E-state index is -0.239. The normalized spacial score (nSPS) is 24.0. The van der Waals surface area contributed by atoms with E-state index < -0.39 is 0 Å². The summed E-state index contributed by atoms with van der Waals surface area (Å²) in [6, 6.07) is 10.3. The van der Waals surface area contributed by atoms with Gasteiger partial charge in [-0.2, -0.15) is 0 Å². The fourth-order valence-corrected chi connectivity index (χ4v) is 4.45. The zero-order valence-corrected chi connectivity index (χ0v) is 14.1. The minimum Gasteiger partial charge on any atom is -0.469 e. The molecular formula is C18H21NO3S. The fraction of sp³-hybridized carbons (Fsp3) is 0.444. The smallest absolute Gasteiger partial charge is 0.307 e. The maximum atomic E-state index is 12.6. The van der Waals surface area contributed by atoms with Crippen LogP contribution in [-0.2, 0) is 14.3 Å². The predicted molar refractivity (Wildman–Crippen MR) is 89.9 cm³/mol. The highest BCUT2D eigenvalue weighted by Gasteiger charge is 2.37. The van der Waals surface area contributed by atoms with Gasteiger partial charge in [0.15, 0.2) is 0 Å². The number of nitrogens with zero attached hydrogens (tertiary/aromatic N) is 1. The highest BCUT2D eigenvalue weighted by atomic mass is 32.2. The number of hydrogen-bond acceptors (Lipinski definition) is 4. The molecule has 2 aliphatic rings. The van der Waals surface area contributed by atoms with Crippen molar-refractivity contribution in [2.75, 3.05) is 7.11 Å². The molecular weight excluding hydrogens is 310 g/mol. The van der Waals surface area contributed by atoms with Gasteiger partial charge in [0.1, 0.15) is 0 Å². The molecule has 1 fully saturated rings. The topological polar surface area (TPSA) is 46.6 Å². The number of rotatable bonds is 4. The fourth-order valence-electron chi connectivity index (χ4n) is 3.42. The van der Waals surface area contributed by atoms with E-state index >= 15 is 0 Å². The first kappa shape index (κ1) is 16.1. The second kappa shape index (κ2) is 7.21. The monoisotopic (exact) mass is 331 g/mol. The number of carbonyl (C=O) groups is 2. The van der Waals surface area contributed by atoms with Crippen molar-refractivity contribution >= 4 is 23.6 Å². The van der Waals surface area contributed by atoms with E-state index in [-0.39, 0.29) is 24.0 Å². The van der Waals surface area contributed by atoms with Crippen LogP contribution in [-0.4, -0.2) is 36.0 Å². The maximum absolute atomic E-state index is 12.6. The second-order valence-electron chi connectivity index (χ2n) is 5.99. The van der Waals surface area contributed by atoms with Gasteiger partial charge in [-0.1, -0.05) is 30.0 Å². The SMILES string of the molecule is COC(=O)C[C@H]1CCC[C@@H]2CC(Sc3ccccc3)=CC(=O)N12. The van der Waals surface area contributed by atoms with Gasteiger partial charge in [-0.05, 0) is 42.7 Å². The molecule has 2 aliphatic heterocycles. The molecule has 1 amide bonds. The molecule has 1 aromatic rings. The number of carbonyl (C=O) groups excluding carboxylic acids is 2. The molecule has 0 radical (unpaired) electrons. The van der Waals surface area contributed by atoms with Gasteiger partial charge in [0.05, 0.1) is 13.5 Å². The van der Waals surface area contributed by atoms with E-state index in [1.807, 2.05) is 23.1 Å². The number of methoxy groups -OCH3 is 1. The van der Waals surface area contributed by atoms with Gasteiger partial charge in [-0.3, -0.25) is 9.59 Å². The van der Waals surface area contributed by atoms with Gasteiger partial charge in [0.25, 0.3) is 0 Å². The number of amides is 1. The lowest BCUT2D eigenvalue weighted by atomic mass is 9.89. The summed E-state index contributed by atoms with van der Waals surface area (Å²) < 4.78 is 4.77. The van der Waals surface area contributed by atoms with Crippen molar-refractivity contribution in [3.63, 3.8) is 0 Å². The third-order valence-corrected chi connectivity index (χ3v) is 5.51.